The van der Waals surface area contributed by atoms with Crippen LogP contribution < -0.4 is 11.2 Å². The summed E-state index contributed by atoms with van der Waals surface area (Å²) < 4.78 is 8.25. The molecule has 0 aliphatic carbocycles. The van der Waals surface area contributed by atoms with E-state index < -0.39 is 11.2 Å². The molecule has 1 N–H and O–H groups in total. The lowest BCUT2D eigenvalue weighted by Gasteiger charge is -2.11. The van der Waals surface area contributed by atoms with Crippen LogP contribution in [-0.2, 0) is 23.6 Å². The van der Waals surface area contributed by atoms with Gasteiger partial charge in [0.05, 0.1) is 10.9 Å². The standard InChI is InChI=1S/C20H31BrN4O4/c1-13(29-14(2)26)11-9-7-5-6-8-10-12-15(21)17-22-18-16(24(17)3)19(27)23-20(28)25(18)4/h13,15H,5-12H2,1-4H3,(H,23,27,28). The molecular formula is C20H31BrN4O4. The zero-order valence-electron chi connectivity index (χ0n) is 17.7. The maximum Gasteiger partial charge on any atom is 0.329 e. The Morgan fingerprint density at radius 2 is 1.66 bits per heavy atom. The number of halogens is 1. The van der Waals surface area contributed by atoms with E-state index in [0.29, 0.717) is 11.2 Å². The molecule has 0 radical (unpaired) electrons. The third-order valence-corrected chi connectivity index (χ3v) is 6.00. The first-order chi connectivity index (χ1) is 13.7. The number of esters is 1. The van der Waals surface area contributed by atoms with E-state index in [1.807, 2.05) is 6.92 Å². The molecule has 2 aromatic heterocycles. The van der Waals surface area contributed by atoms with Crippen LogP contribution in [0.1, 0.15) is 75.9 Å². The van der Waals surface area contributed by atoms with Crippen molar-refractivity contribution in [2.24, 2.45) is 14.1 Å². The van der Waals surface area contributed by atoms with Gasteiger partial charge in [-0.3, -0.25) is 19.1 Å². The zero-order valence-corrected chi connectivity index (χ0v) is 19.3. The Balaban J connectivity index is 1.76. The number of ether oxygens (including phenoxy) is 1. The number of H-pyrrole nitrogens is 1. The molecule has 0 saturated carbocycles. The van der Waals surface area contributed by atoms with Crippen molar-refractivity contribution in [2.45, 2.75) is 76.1 Å². The summed E-state index contributed by atoms with van der Waals surface area (Å²) in [4.78, 5) is 41.6. The first-order valence-electron chi connectivity index (χ1n) is 10.2. The normalized spacial score (nSPS) is 13.6. The number of rotatable bonds is 11. The molecule has 9 heteroatoms. The molecule has 29 heavy (non-hydrogen) atoms. The summed E-state index contributed by atoms with van der Waals surface area (Å²) in [5, 5.41) is 0. The molecule has 0 amide bonds. The van der Waals surface area contributed by atoms with Crippen LogP contribution in [-0.4, -0.2) is 31.2 Å². The van der Waals surface area contributed by atoms with Crippen molar-refractivity contribution in [1.82, 2.24) is 19.1 Å². The van der Waals surface area contributed by atoms with Crippen LogP contribution in [0.2, 0.25) is 0 Å². The van der Waals surface area contributed by atoms with Crippen molar-refractivity contribution in [3.8, 4) is 0 Å². The maximum absolute atomic E-state index is 12.1. The Morgan fingerprint density at radius 1 is 1.07 bits per heavy atom. The van der Waals surface area contributed by atoms with Crippen LogP contribution in [0, 0.1) is 0 Å². The van der Waals surface area contributed by atoms with Gasteiger partial charge in [-0.05, 0) is 26.2 Å². The van der Waals surface area contributed by atoms with E-state index in [1.165, 1.54) is 24.3 Å². The van der Waals surface area contributed by atoms with Gasteiger partial charge in [0.15, 0.2) is 11.2 Å². The molecule has 2 heterocycles. The molecule has 2 aromatic rings. The third-order valence-electron chi connectivity index (χ3n) is 5.13. The van der Waals surface area contributed by atoms with Crippen molar-refractivity contribution >= 4 is 33.1 Å². The van der Waals surface area contributed by atoms with E-state index in [9.17, 15) is 14.4 Å². The SMILES string of the molecule is CC(=O)OC(C)CCCCCCCCC(Br)c1nc2c(c(=O)[nH]c(=O)n2C)n1C. The van der Waals surface area contributed by atoms with Crippen molar-refractivity contribution in [3.05, 3.63) is 26.7 Å². The largest absolute Gasteiger partial charge is 0.463 e. The summed E-state index contributed by atoms with van der Waals surface area (Å²) in [6.07, 6.45) is 8.56. The van der Waals surface area contributed by atoms with Crippen LogP contribution >= 0.6 is 15.9 Å². The maximum atomic E-state index is 12.1. The van der Waals surface area contributed by atoms with Crippen molar-refractivity contribution in [2.75, 3.05) is 0 Å². The molecule has 2 atom stereocenters. The molecule has 0 spiro atoms. The second kappa shape index (κ2) is 10.8. The first-order valence-corrected chi connectivity index (χ1v) is 11.1. The lowest BCUT2D eigenvalue weighted by atomic mass is 10.1. The Morgan fingerprint density at radius 3 is 2.28 bits per heavy atom. The highest BCUT2D eigenvalue weighted by molar-refractivity contribution is 9.09. The molecule has 8 nitrogen and oxygen atoms in total. The van der Waals surface area contributed by atoms with E-state index >= 15 is 0 Å². The van der Waals surface area contributed by atoms with Crippen molar-refractivity contribution < 1.29 is 9.53 Å². The fourth-order valence-electron chi connectivity index (χ4n) is 3.54. The lowest BCUT2D eigenvalue weighted by Crippen LogP contribution is -2.29. The number of hydrogen-bond donors (Lipinski definition) is 1. The molecule has 0 bridgehead atoms. The van der Waals surface area contributed by atoms with Crippen LogP contribution in [0.3, 0.4) is 0 Å². The number of imidazole rings is 1. The highest BCUT2D eigenvalue weighted by atomic mass is 79.9. The van der Waals surface area contributed by atoms with Gasteiger partial charge in [0.1, 0.15) is 5.82 Å². The number of fused-ring (bicyclic) bond motifs is 1. The summed E-state index contributed by atoms with van der Waals surface area (Å²) in [5.74, 6) is 0.542. The number of unbranched alkanes of at least 4 members (excludes halogenated alkanes) is 5. The Bertz CT molecular complexity index is 946. The second-order valence-corrected chi connectivity index (χ2v) is 8.71. The molecule has 2 rings (SSSR count). The topological polar surface area (TPSA) is 99.0 Å². The molecule has 0 aliphatic heterocycles. The van der Waals surface area contributed by atoms with Crippen LogP contribution in [0.15, 0.2) is 9.59 Å². The van der Waals surface area contributed by atoms with Gasteiger partial charge in [-0.25, -0.2) is 9.78 Å². The predicted octanol–water partition coefficient (Wildman–Crippen LogP) is 3.47. The average Bonchev–Trinajstić information content (AvgIpc) is 2.99. The minimum atomic E-state index is -0.458. The third kappa shape index (κ3) is 6.29. The Hall–Kier alpha value is -1.90. The van der Waals surface area contributed by atoms with Gasteiger partial charge < -0.3 is 9.30 Å². The van der Waals surface area contributed by atoms with E-state index in [-0.39, 0.29) is 16.9 Å². The van der Waals surface area contributed by atoms with Gasteiger partial charge in [-0.2, -0.15) is 0 Å². The van der Waals surface area contributed by atoms with Gasteiger partial charge in [0.2, 0.25) is 0 Å². The van der Waals surface area contributed by atoms with E-state index in [1.54, 1.807) is 18.7 Å². The second-order valence-electron chi connectivity index (χ2n) is 7.61. The van der Waals surface area contributed by atoms with Crippen molar-refractivity contribution in [3.63, 3.8) is 0 Å². The summed E-state index contributed by atoms with van der Waals surface area (Å²) in [7, 11) is 3.41. The number of aromatic nitrogens is 4. The molecule has 0 aromatic carbocycles. The lowest BCUT2D eigenvalue weighted by molar-refractivity contribution is -0.145. The highest BCUT2D eigenvalue weighted by Crippen LogP contribution is 2.29. The summed E-state index contributed by atoms with van der Waals surface area (Å²) in [6, 6.07) is 0. The zero-order chi connectivity index (χ0) is 21.6. The molecule has 0 saturated heterocycles. The monoisotopic (exact) mass is 470 g/mol. The summed E-state index contributed by atoms with van der Waals surface area (Å²) >= 11 is 3.69. The minimum absolute atomic E-state index is 0.00156. The van der Waals surface area contributed by atoms with Gasteiger partial charge in [0.25, 0.3) is 5.56 Å². The summed E-state index contributed by atoms with van der Waals surface area (Å²) in [5.41, 5.74) is -0.0502. The van der Waals surface area contributed by atoms with Gasteiger partial charge >= 0.3 is 11.7 Å². The molecule has 0 aliphatic rings. The fourth-order valence-corrected chi connectivity index (χ4v) is 4.27. The average molecular weight is 471 g/mol. The number of aryl methyl sites for hydroxylation is 2. The predicted molar refractivity (Wildman–Crippen MR) is 116 cm³/mol. The molecule has 2 unspecified atom stereocenters. The Kier molecular flexibility index (Phi) is 8.67. The Labute approximate surface area is 178 Å². The van der Waals surface area contributed by atoms with Crippen LogP contribution in [0.25, 0.3) is 11.2 Å². The number of alkyl halides is 1. The number of nitrogens with one attached hydrogen (secondary N) is 1. The smallest absolute Gasteiger partial charge is 0.329 e. The van der Waals surface area contributed by atoms with E-state index in [2.05, 4.69) is 25.9 Å². The molecular weight excluding hydrogens is 440 g/mol. The van der Waals surface area contributed by atoms with E-state index in [0.717, 1.165) is 44.3 Å². The van der Waals surface area contributed by atoms with Crippen molar-refractivity contribution in [1.29, 1.82) is 0 Å². The summed E-state index contributed by atoms with van der Waals surface area (Å²) in [6.45, 7) is 3.38. The number of aromatic amines is 1. The number of carbonyl (C=O) groups excluding carboxylic acids is 1. The number of nitrogens with zero attached hydrogens (tertiary/aromatic N) is 3. The van der Waals surface area contributed by atoms with Gasteiger partial charge in [-0.1, -0.05) is 48.0 Å². The fraction of sp³-hybridized carbons (Fsp3) is 0.700. The molecule has 162 valence electrons. The van der Waals surface area contributed by atoms with Crippen LogP contribution in [0.4, 0.5) is 0 Å². The minimum Gasteiger partial charge on any atom is -0.463 e. The first kappa shape index (κ1) is 23.4. The molecule has 0 fully saturated rings. The number of carbonyl (C=O) groups is 1. The van der Waals surface area contributed by atoms with E-state index in [4.69, 9.17) is 4.74 Å². The van der Waals surface area contributed by atoms with Gasteiger partial charge in [0, 0.05) is 21.0 Å². The highest BCUT2D eigenvalue weighted by Gasteiger charge is 2.19. The quantitative estimate of drug-likeness (QED) is 0.307. The number of hydrogen-bond acceptors (Lipinski definition) is 5. The van der Waals surface area contributed by atoms with Gasteiger partial charge in [-0.15, -0.1) is 0 Å². The van der Waals surface area contributed by atoms with Crippen LogP contribution in [0.5, 0.6) is 0 Å².